The molecule has 172 valence electrons. The molecule has 1 aliphatic heterocycles. The predicted octanol–water partition coefficient (Wildman–Crippen LogP) is 7.23. The molecule has 0 radical (unpaired) electrons. The monoisotopic (exact) mass is 410 g/mol. The molecule has 2 N–H and O–H groups in total. The summed E-state index contributed by atoms with van der Waals surface area (Å²) in [6.07, 6.45) is 21.5. The third-order valence-corrected chi connectivity index (χ3v) is 6.68. The lowest BCUT2D eigenvalue weighted by Crippen LogP contribution is -2.37. The molecule has 0 saturated carbocycles. The van der Waals surface area contributed by atoms with Gasteiger partial charge in [-0.3, -0.25) is 0 Å². The molecule has 0 spiro atoms. The molecule has 0 aromatic rings. The maximum absolute atomic E-state index is 11.4. The normalized spacial score (nSPS) is 19.2. The lowest BCUT2D eigenvalue weighted by molar-refractivity contribution is 0.130. The molecule has 0 aromatic carbocycles. The zero-order chi connectivity index (χ0) is 21.2. The lowest BCUT2D eigenvalue weighted by atomic mass is 9.92. The van der Waals surface area contributed by atoms with Crippen molar-refractivity contribution in [3.05, 3.63) is 0 Å². The van der Waals surface area contributed by atoms with Crippen molar-refractivity contribution >= 4 is 6.09 Å². The Hall–Kier alpha value is -0.770. The zero-order valence-electron chi connectivity index (χ0n) is 19.6. The molecular formula is C25H50N2O2. The van der Waals surface area contributed by atoms with Crippen LogP contribution in [0.3, 0.4) is 0 Å². The second kappa shape index (κ2) is 18.0. The third kappa shape index (κ3) is 12.5. The van der Waals surface area contributed by atoms with E-state index < -0.39 is 6.09 Å². The quantitative estimate of drug-likeness (QED) is 0.221. The van der Waals surface area contributed by atoms with E-state index >= 15 is 0 Å². The van der Waals surface area contributed by atoms with E-state index in [0.29, 0.717) is 5.92 Å². The molecule has 1 fully saturated rings. The van der Waals surface area contributed by atoms with Crippen molar-refractivity contribution in [2.45, 2.75) is 129 Å². The Morgan fingerprint density at radius 3 is 1.90 bits per heavy atom. The van der Waals surface area contributed by atoms with Gasteiger partial charge in [-0.25, -0.2) is 4.79 Å². The molecule has 4 nitrogen and oxygen atoms in total. The molecular weight excluding hydrogens is 360 g/mol. The number of nitrogens with one attached hydrogen (secondary N) is 1. The molecule has 29 heavy (non-hydrogen) atoms. The fourth-order valence-electron chi connectivity index (χ4n) is 4.80. The number of carbonyl (C=O) groups is 1. The van der Waals surface area contributed by atoms with E-state index in [1.54, 1.807) is 4.90 Å². The Morgan fingerprint density at radius 1 is 0.793 bits per heavy atom. The van der Waals surface area contributed by atoms with Gasteiger partial charge in [0.15, 0.2) is 0 Å². The SMILES string of the molecule is CCCCCCCCCCCCCCNCCC1CCN(C(=O)O)C1CCCC. The summed E-state index contributed by atoms with van der Waals surface area (Å²) in [5, 5.41) is 13.0. The Labute approximate surface area is 181 Å². The Kier molecular flexibility index (Phi) is 16.3. The van der Waals surface area contributed by atoms with Crippen molar-refractivity contribution in [3.63, 3.8) is 0 Å². The van der Waals surface area contributed by atoms with Gasteiger partial charge in [0, 0.05) is 12.6 Å². The largest absolute Gasteiger partial charge is 0.465 e. The fraction of sp³-hybridized carbons (Fsp3) is 0.960. The van der Waals surface area contributed by atoms with Crippen LogP contribution in [0.1, 0.15) is 123 Å². The van der Waals surface area contributed by atoms with E-state index in [1.165, 1.54) is 77.0 Å². The van der Waals surface area contributed by atoms with Crippen LogP contribution in [0.25, 0.3) is 0 Å². The highest BCUT2D eigenvalue weighted by molar-refractivity contribution is 5.65. The summed E-state index contributed by atoms with van der Waals surface area (Å²) in [6, 6.07) is 0.251. The van der Waals surface area contributed by atoms with Gasteiger partial charge < -0.3 is 15.3 Å². The van der Waals surface area contributed by atoms with E-state index in [-0.39, 0.29) is 6.04 Å². The maximum atomic E-state index is 11.4. The van der Waals surface area contributed by atoms with Gasteiger partial charge in [-0.15, -0.1) is 0 Å². The van der Waals surface area contributed by atoms with Crippen LogP contribution in [0.4, 0.5) is 4.79 Å². The van der Waals surface area contributed by atoms with Crippen molar-refractivity contribution in [1.29, 1.82) is 0 Å². The number of carboxylic acid groups (broad SMARTS) is 1. The topological polar surface area (TPSA) is 52.6 Å². The van der Waals surface area contributed by atoms with Gasteiger partial charge in [0.1, 0.15) is 0 Å². The molecule has 1 heterocycles. The zero-order valence-corrected chi connectivity index (χ0v) is 19.6. The summed E-state index contributed by atoms with van der Waals surface area (Å²) < 4.78 is 0. The van der Waals surface area contributed by atoms with Crippen LogP contribution in [-0.4, -0.2) is 41.8 Å². The molecule has 0 aromatic heterocycles. The second-order valence-electron chi connectivity index (χ2n) is 9.16. The third-order valence-electron chi connectivity index (χ3n) is 6.68. The van der Waals surface area contributed by atoms with Gasteiger partial charge in [0.25, 0.3) is 0 Å². The number of hydrogen-bond acceptors (Lipinski definition) is 2. The first-order valence-corrected chi connectivity index (χ1v) is 12.9. The van der Waals surface area contributed by atoms with Gasteiger partial charge >= 0.3 is 6.09 Å². The van der Waals surface area contributed by atoms with Crippen LogP contribution >= 0.6 is 0 Å². The van der Waals surface area contributed by atoms with Gasteiger partial charge in [-0.05, 0) is 44.7 Å². The van der Waals surface area contributed by atoms with Crippen molar-refractivity contribution in [1.82, 2.24) is 10.2 Å². The van der Waals surface area contributed by atoms with E-state index in [1.807, 2.05) is 0 Å². The molecule has 4 heteroatoms. The molecule has 0 bridgehead atoms. The Bertz CT molecular complexity index is 389. The Morgan fingerprint density at radius 2 is 1.34 bits per heavy atom. The standard InChI is InChI=1S/C25H50N2O2/c1-3-5-7-8-9-10-11-12-13-14-15-16-20-26-21-18-23-19-22-27(25(28)29)24(23)17-6-4-2/h23-24,26H,3-22H2,1-2H3,(H,28,29). The van der Waals surface area contributed by atoms with Crippen molar-refractivity contribution < 1.29 is 9.90 Å². The first kappa shape index (κ1) is 26.3. The van der Waals surface area contributed by atoms with Gasteiger partial charge in [-0.2, -0.15) is 0 Å². The minimum absolute atomic E-state index is 0.251. The minimum atomic E-state index is -0.724. The minimum Gasteiger partial charge on any atom is -0.465 e. The predicted molar refractivity (Wildman–Crippen MR) is 125 cm³/mol. The molecule has 1 aliphatic rings. The highest BCUT2D eigenvalue weighted by Gasteiger charge is 2.35. The number of nitrogens with zero attached hydrogens (tertiary/aromatic N) is 1. The Balaban J connectivity index is 1.93. The smallest absolute Gasteiger partial charge is 0.407 e. The average molecular weight is 411 g/mol. The first-order chi connectivity index (χ1) is 14.2. The van der Waals surface area contributed by atoms with Crippen LogP contribution in [0.5, 0.6) is 0 Å². The molecule has 1 saturated heterocycles. The summed E-state index contributed by atoms with van der Waals surface area (Å²) in [5.74, 6) is 0.548. The van der Waals surface area contributed by atoms with E-state index in [0.717, 1.165) is 51.7 Å². The summed E-state index contributed by atoms with van der Waals surface area (Å²) in [7, 11) is 0. The van der Waals surface area contributed by atoms with Gasteiger partial charge in [-0.1, -0.05) is 97.3 Å². The molecule has 2 atom stereocenters. The summed E-state index contributed by atoms with van der Waals surface area (Å²) in [6.45, 7) is 7.35. The number of amides is 1. The number of likely N-dealkylation sites (tertiary alicyclic amines) is 1. The van der Waals surface area contributed by atoms with Crippen molar-refractivity contribution in [2.24, 2.45) is 5.92 Å². The number of hydrogen-bond donors (Lipinski definition) is 2. The van der Waals surface area contributed by atoms with Crippen molar-refractivity contribution in [3.8, 4) is 0 Å². The first-order valence-electron chi connectivity index (χ1n) is 12.9. The van der Waals surface area contributed by atoms with E-state index in [4.69, 9.17) is 0 Å². The van der Waals surface area contributed by atoms with Crippen LogP contribution in [0.2, 0.25) is 0 Å². The lowest BCUT2D eigenvalue weighted by Gasteiger charge is -2.26. The van der Waals surface area contributed by atoms with E-state index in [2.05, 4.69) is 19.2 Å². The number of rotatable bonds is 19. The summed E-state index contributed by atoms with van der Waals surface area (Å²) in [5.41, 5.74) is 0. The number of unbranched alkanes of at least 4 members (excludes halogenated alkanes) is 12. The van der Waals surface area contributed by atoms with Crippen molar-refractivity contribution in [2.75, 3.05) is 19.6 Å². The van der Waals surface area contributed by atoms with Crippen LogP contribution in [-0.2, 0) is 0 Å². The van der Waals surface area contributed by atoms with Crippen LogP contribution in [0.15, 0.2) is 0 Å². The highest BCUT2D eigenvalue weighted by Crippen LogP contribution is 2.30. The molecule has 2 unspecified atom stereocenters. The molecule has 0 aliphatic carbocycles. The maximum Gasteiger partial charge on any atom is 0.407 e. The summed E-state index contributed by atoms with van der Waals surface area (Å²) in [4.78, 5) is 13.1. The van der Waals surface area contributed by atoms with Gasteiger partial charge in [0.05, 0.1) is 0 Å². The van der Waals surface area contributed by atoms with Crippen LogP contribution < -0.4 is 5.32 Å². The highest BCUT2D eigenvalue weighted by atomic mass is 16.4. The second-order valence-corrected chi connectivity index (χ2v) is 9.16. The van der Waals surface area contributed by atoms with E-state index in [9.17, 15) is 9.90 Å². The molecule has 1 amide bonds. The van der Waals surface area contributed by atoms with Gasteiger partial charge in [0.2, 0.25) is 0 Å². The fourth-order valence-corrected chi connectivity index (χ4v) is 4.80. The summed E-state index contributed by atoms with van der Waals surface area (Å²) >= 11 is 0. The average Bonchev–Trinajstić information content (AvgIpc) is 3.12. The molecule has 1 rings (SSSR count). The van der Waals surface area contributed by atoms with Crippen LogP contribution in [0, 0.1) is 5.92 Å².